The second-order valence-electron chi connectivity index (χ2n) is 9.01. The average molecular weight is 558 g/mol. The number of nitro groups is 1. The van der Waals surface area contributed by atoms with E-state index in [2.05, 4.69) is 15.0 Å². The highest BCUT2D eigenvalue weighted by atomic mass is 16.6. The summed E-state index contributed by atoms with van der Waals surface area (Å²) >= 11 is 0. The van der Waals surface area contributed by atoms with Crippen molar-refractivity contribution in [1.82, 2.24) is 19.8 Å². The van der Waals surface area contributed by atoms with Gasteiger partial charge in [0.2, 0.25) is 11.6 Å². The molecule has 3 amide bonds. The predicted octanol–water partition coefficient (Wildman–Crippen LogP) is 4.66. The number of furan rings is 1. The molecule has 1 saturated heterocycles. The molecule has 0 radical (unpaired) electrons. The second kappa shape index (κ2) is 10.8. The van der Waals surface area contributed by atoms with Gasteiger partial charge in [-0.15, -0.1) is 0 Å². The van der Waals surface area contributed by atoms with E-state index >= 15 is 0 Å². The monoisotopic (exact) mass is 557 g/mol. The van der Waals surface area contributed by atoms with Crippen LogP contribution < -0.4 is 10.1 Å². The first kappa shape index (κ1) is 26.9. The number of methoxy groups -OCH3 is 1. The number of imide groups is 1. The average Bonchev–Trinajstić information content (AvgIpc) is 3.62. The quantitative estimate of drug-likeness (QED) is 0.107. The Labute approximate surface area is 232 Å². The van der Waals surface area contributed by atoms with Crippen molar-refractivity contribution in [3.8, 4) is 17.3 Å². The van der Waals surface area contributed by atoms with Crippen LogP contribution in [0.1, 0.15) is 33.3 Å². The highest BCUT2D eigenvalue weighted by Crippen LogP contribution is 2.27. The summed E-state index contributed by atoms with van der Waals surface area (Å²) in [6.07, 6.45) is 2.74. The van der Waals surface area contributed by atoms with Crippen LogP contribution in [0.25, 0.3) is 11.8 Å². The van der Waals surface area contributed by atoms with Gasteiger partial charge in [0.25, 0.3) is 11.6 Å². The summed E-state index contributed by atoms with van der Waals surface area (Å²) < 4.78 is 17.7. The number of amides is 3. The Morgan fingerprint density at radius 2 is 1.88 bits per heavy atom. The lowest BCUT2D eigenvalue weighted by atomic mass is 10.2. The molecule has 1 N–H and O–H groups in total. The number of esters is 1. The summed E-state index contributed by atoms with van der Waals surface area (Å²) in [5, 5.41) is 13.4. The topological polar surface area (TPSA) is 159 Å². The van der Waals surface area contributed by atoms with Crippen LogP contribution in [-0.4, -0.2) is 44.4 Å². The predicted molar refractivity (Wildman–Crippen MR) is 143 cm³/mol. The number of rotatable bonds is 8. The molecule has 0 atom stereocenters. The summed E-state index contributed by atoms with van der Waals surface area (Å²) in [6, 6.07) is 14.1. The zero-order chi connectivity index (χ0) is 29.3. The molecule has 208 valence electrons. The first-order valence-corrected chi connectivity index (χ1v) is 12.2. The van der Waals surface area contributed by atoms with Crippen LogP contribution in [0.3, 0.4) is 0 Å². The molecule has 5 rings (SSSR count). The molecule has 0 aliphatic carbocycles. The summed E-state index contributed by atoms with van der Waals surface area (Å²) in [4.78, 5) is 52.4. The minimum Gasteiger partial charge on any atom is -0.463 e. The molecular weight excluding hydrogens is 534 g/mol. The lowest BCUT2D eigenvalue weighted by molar-refractivity contribution is -0.385. The third-order valence-electron chi connectivity index (χ3n) is 6.34. The molecule has 1 aromatic carbocycles. The molecule has 0 bridgehead atoms. The summed E-state index contributed by atoms with van der Waals surface area (Å²) in [5.74, 6) is -0.246. The van der Waals surface area contributed by atoms with Crippen LogP contribution in [0.2, 0.25) is 0 Å². The van der Waals surface area contributed by atoms with Gasteiger partial charge < -0.3 is 23.8 Å². The molecule has 13 nitrogen and oxygen atoms in total. The molecule has 0 unspecified atom stereocenters. The number of nitrogens with one attached hydrogen (secondary N) is 1. The molecule has 1 aliphatic heterocycles. The molecule has 41 heavy (non-hydrogen) atoms. The number of aryl methyl sites for hydroxylation is 1. The van der Waals surface area contributed by atoms with E-state index in [0.29, 0.717) is 5.75 Å². The van der Waals surface area contributed by atoms with Crippen molar-refractivity contribution in [3.63, 3.8) is 0 Å². The highest BCUT2D eigenvalue weighted by Gasteiger charge is 2.34. The number of ether oxygens (including phenoxy) is 2. The second-order valence-corrected chi connectivity index (χ2v) is 9.01. The van der Waals surface area contributed by atoms with Gasteiger partial charge in [-0.3, -0.25) is 19.8 Å². The number of carbonyl (C=O) groups excluding carboxylic acids is 3. The van der Waals surface area contributed by atoms with Crippen molar-refractivity contribution in [2.45, 2.75) is 20.4 Å². The summed E-state index contributed by atoms with van der Waals surface area (Å²) in [6.45, 7) is 3.65. The van der Waals surface area contributed by atoms with Crippen molar-refractivity contribution >= 4 is 29.7 Å². The van der Waals surface area contributed by atoms with Crippen molar-refractivity contribution in [2.24, 2.45) is 0 Å². The zero-order valence-electron chi connectivity index (χ0n) is 22.1. The molecule has 0 spiro atoms. The first-order valence-electron chi connectivity index (χ1n) is 12.2. The van der Waals surface area contributed by atoms with Gasteiger partial charge in [-0.25, -0.2) is 14.6 Å². The van der Waals surface area contributed by atoms with Crippen LogP contribution >= 0.6 is 0 Å². The van der Waals surface area contributed by atoms with Gasteiger partial charge in [-0.2, -0.15) is 0 Å². The normalized spacial score (nSPS) is 13.9. The van der Waals surface area contributed by atoms with E-state index in [0.717, 1.165) is 33.7 Å². The largest absolute Gasteiger partial charge is 0.463 e. The lowest BCUT2D eigenvalue weighted by Crippen LogP contribution is -2.30. The maximum atomic E-state index is 13.0. The Kier molecular flexibility index (Phi) is 7.08. The Morgan fingerprint density at radius 3 is 2.54 bits per heavy atom. The molecule has 13 heteroatoms. The van der Waals surface area contributed by atoms with Crippen molar-refractivity contribution in [2.75, 3.05) is 7.11 Å². The molecular formula is C28H23N5O8. The summed E-state index contributed by atoms with van der Waals surface area (Å²) in [5.41, 5.74) is 3.25. The summed E-state index contributed by atoms with van der Waals surface area (Å²) in [7, 11) is 1.22. The van der Waals surface area contributed by atoms with Gasteiger partial charge in [-0.1, -0.05) is 0 Å². The van der Waals surface area contributed by atoms with Gasteiger partial charge >= 0.3 is 12.0 Å². The molecule has 1 aliphatic rings. The van der Waals surface area contributed by atoms with E-state index in [1.807, 2.05) is 36.6 Å². The van der Waals surface area contributed by atoms with Crippen molar-refractivity contribution < 1.29 is 33.2 Å². The fraction of sp³-hybridized carbons (Fsp3) is 0.143. The van der Waals surface area contributed by atoms with E-state index in [4.69, 9.17) is 9.15 Å². The van der Waals surface area contributed by atoms with Crippen LogP contribution in [0.5, 0.6) is 11.6 Å². The SMILES string of the molecule is COC(=O)c1ccc(CN2C(=O)N/C(=C\c3cc(C)n(-c4ccc(Oc5ccc([N+](=O)[O-])cn5)cc4)c3C)C2=O)o1. The number of hydrogen-bond acceptors (Lipinski definition) is 9. The number of benzene rings is 1. The number of urea groups is 1. The van der Waals surface area contributed by atoms with Crippen LogP contribution in [0.15, 0.2) is 70.9 Å². The van der Waals surface area contributed by atoms with Crippen molar-refractivity contribution in [3.05, 3.63) is 105 Å². The van der Waals surface area contributed by atoms with Crippen LogP contribution in [0.4, 0.5) is 10.5 Å². The molecule has 1 fully saturated rings. The maximum Gasteiger partial charge on any atom is 0.373 e. The van der Waals surface area contributed by atoms with E-state index in [-0.39, 0.29) is 35.3 Å². The maximum absolute atomic E-state index is 13.0. The molecule has 0 saturated carbocycles. The smallest absolute Gasteiger partial charge is 0.373 e. The number of pyridine rings is 1. The minimum atomic E-state index is -0.659. The fourth-order valence-corrected chi connectivity index (χ4v) is 4.36. The zero-order valence-corrected chi connectivity index (χ0v) is 22.1. The number of aromatic nitrogens is 2. The molecule has 4 aromatic rings. The van der Waals surface area contributed by atoms with Gasteiger partial charge in [0, 0.05) is 29.2 Å². The van der Waals surface area contributed by atoms with Gasteiger partial charge in [0.1, 0.15) is 23.4 Å². The number of nitrogens with zero attached hydrogens (tertiary/aromatic N) is 4. The fourth-order valence-electron chi connectivity index (χ4n) is 4.36. The van der Waals surface area contributed by atoms with Crippen LogP contribution in [0, 0.1) is 24.0 Å². The highest BCUT2D eigenvalue weighted by molar-refractivity contribution is 6.14. The van der Waals surface area contributed by atoms with Gasteiger partial charge in [0.15, 0.2) is 0 Å². The first-order chi connectivity index (χ1) is 19.6. The third kappa shape index (κ3) is 5.41. The van der Waals surface area contributed by atoms with E-state index in [9.17, 15) is 24.5 Å². The van der Waals surface area contributed by atoms with Gasteiger partial charge in [-0.05, 0) is 68.0 Å². The Morgan fingerprint density at radius 1 is 1.12 bits per heavy atom. The third-order valence-corrected chi connectivity index (χ3v) is 6.34. The lowest BCUT2D eigenvalue weighted by Gasteiger charge is -2.11. The Balaban J connectivity index is 1.31. The number of hydrogen-bond donors (Lipinski definition) is 1. The van der Waals surface area contributed by atoms with Gasteiger partial charge in [0.05, 0.1) is 18.6 Å². The van der Waals surface area contributed by atoms with E-state index in [1.165, 1.54) is 31.4 Å². The van der Waals surface area contributed by atoms with E-state index < -0.39 is 22.8 Å². The Hall–Kier alpha value is -5.72. The van der Waals surface area contributed by atoms with Crippen molar-refractivity contribution in [1.29, 1.82) is 0 Å². The molecule has 4 heterocycles. The Bertz CT molecular complexity index is 1700. The molecule has 3 aromatic heterocycles. The van der Waals surface area contributed by atoms with Crippen LogP contribution in [-0.2, 0) is 16.1 Å². The van der Waals surface area contributed by atoms with E-state index in [1.54, 1.807) is 18.2 Å². The number of carbonyl (C=O) groups is 3. The minimum absolute atomic E-state index is 0.0274. The standard InChI is InChI=1S/C28H23N5O8/c1-16-12-18(13-23-26(34)31(28(36)30-23)15-22-9-10-24(40-22)27(35)39-3)17(2)32(16)19-4-7-21(8-5-19)41-25-11-6-20(14-29-25)33(37)38/h4-14H,15H2,1-3H3,(H,30,36)/b23-13-.